The molecule has 0 aliphatic carbocycles. The van der Waals surface area contributed by atoms with E-state index in [9.17, 15) is 4.79 Å². The maximum absolute atomic E-state index is 12.6. The summed E-state index contributed by atoms with van der Waals surface area (Å²) in [5.74, 6) is 0.768. The first-order valence-corrected chi connectivity index (χ1v) is 9.73. The molecule has 5 heteroatoms. The lowest BCUT2D eigenvalue weighted by Gasteiger charge is -2.32. The number of rotatable bonds is 5. The fraction of sp³-hybridized carbons (Fsp3) is 0.261. The predicted molar refractivity (Wildman–Crippen MR) is 111 cm³/mol. The quantitative estimate of drug-likeness (QED) is 0.742. The largest absolute Gasteiger partial charge is 0.352 e. The van der Waals surface area contributed by atoms with Crippen LogP contribution >= 0.6 is 0 Å². The third-order valence-electron chi connectivity index (χ3n) is 5.13. The summed E-state index contributed by atoms with van der Waals surface area (Å²) in [5, 5.41) is 3.06. The zero-order valence-electron chi connectivity index (χ0n) is 15.8. The standard InChI is InChI=1S/C23H24N4O/c28-22(24-14-18-8-3-1-4-9-18)20-12-7-13-27(17-20)23-25-15-21(16-26-23)19-10-5-2-6-11-19/h1-6,8-11,15-16,20H,7,12-14,17H2,(H,24,28). The maximum Gasteiger partial charge on any atom is 0.225 e. The van der Waals surface area contributed by atoms with E-state index in [1.807, 2.05) is 73.1 Å². The molecule has 1 atom stereocenters. The average molecular weight is 372 g/mol. The second kappa shape index (κ2) is 8.65. The van der Waals surface area contributed by atoms with Crippen LogP contribution in [0.5, 0.6) is 0 Å². The van der Waals surface area contributed by atoms with Gasteiger partial charge in [-0.25, -0.2) is 9.97 Å². The van der Waals surface area contributed by atoms with Crippen LogP contribution in [0.25, 0.3) is 11.1 Å². The van der Waals surface area contributed by atoms with Crippen LogP contribution < -0.4 is 10.2 Å². The maximum atomic E-state index is 12.6. The normalized spacial score (nSPS) is 16.6. The number of benzene rings is 2. The fourth-order valence-corrected chi connectivity index (χ4v) is 3.57. The molecule has 4 rings (SSSR count). The predicted octanol–water partition coefficient (Wildman–Crippen LogP) is 3.68. The number of aromatic nitrogens is 2. The fourth-order valence-electron chi connectivity index (χ4n) is 3.57. The van der Waals surface area contributed by atoms with Gasteiger partial charge in [0, 0.05) is 37.6 Å². The van der Waals surface area contributed by atoms with Gasteiger partial charge in [0.15, 0.2) is 0 Å². The summed E-state index contributed by atoms with van der Waals surface area (Å²) >= 11 is 0. The molecule has 28 heavy (non-hydrogen) atoms. The van der Waals surface area contributed by atoms with Crippen molar-refractivity contribution in [3.8, 4) is 11.1 Å². The van der Waals surface area contributed by atoms with E-state index in [1.54, 1.807) is 0 Å². The highest BCUT2D eigenvalue weighted by Crippen LogP contribution is 2.23. The smallest absolute Gasteiger partial charge is 0.225 e. The summed E-state index contributed by atoms with van der Waals surface area (Å²) in [6.45, 7) is 2.11. The second-order valence-electron chi connectivity index (χ2n) is 7.13. The number of amides is 1. The van der Waals surface area contributed by atoms with Crippen molar-refractivity contribution in [3.63, 3.8) is 0 Å². The van der Waals surface area contributed by atoms with Crippen LogP contribution in [0.15, 0.2) is 73.1 Å². The first-order valence-electron chi connectivity index (χ1n) is 9.73. The number of carbonyl (C=O) groups excluding carboxylic acids is 1. The van der Waals surface area contributed by atoms with Gasteiger partial charge in [-0.15, -0.1) is 0 Å². The Morgan fingerprint density at radius 3 is 2.36 bits per heavy atom. The van der Waals surface area contributed by atoms with Gasteiger partial charge in [-0.05, 0) is 24.0 Å². The summed E-state index contributed by atoms with van der Waals surface area (Å²) in [6.07, 6.45) is 5.58. The molecule has 0 bridgehead atoms. The summed E-state index contributed by atoms with van der Waals surface area (Å²) in [6, 6.07) is 20.1. The minimum Gasteiger partial charge on any atom is -0.352 e. The van der Waals surface area contributed by atoms with Gasteiger partial charge in [0.05, 0.1) is 5.92 Å². The van der Waals surface area contributed by atoms with E-state index >= 15 is 0 Å². The highest BCUT2D eigenvalue weighted by molar-refractivity contribution is 5.79. The van der Waals surface area contributed by atoms with Gasteiger partial charge in [0.25, 0.3) is 0 Å². The summed E-state index contributed by atoms with van der Waals surface area (Å²) in [5.41, 5.74) is 3.22. The van der Waals surface area contributed by atoms with Crippen LogP contribution in [0.4, 0.5) is 5.95 Å². The van der Waals surface area contributed by atoms with Crippen LogP contribution in [0.1, 0.15) is 18.4 Å². The van der Waals surface area contributed by atoms with Gasteiger partial charge in [-0.3, -0.25) is 4.79 Å². The number of carbonyl (C=O) groups is 1. The number of anilines is 1. The van der Waals surface area contributed by atoms with Gasteiger partial charge in [-0.2, -0.15) is 0 Å². The average Bonchev–Trinajstić information content (AvgIpc) is 2.79. The Morgan fingerprint density at radius 1 is 0.964 bits per heavy atom. The summed E-state index contributed by atoms with van der Waals surface area (Å²) in [4.78, 5) is 23.8. The van der Waals surface area contributed by atoms with Crippen LogP contribution in [-0.4, -0.2) is 29.0 Å². The van der Waals surface area contributed by atoms with Crippen molar-refractivity contribution in [2.75, 3.05) is 18.0 Å². The molecule has 0 spiro atoms. The monoisotopic (exact) mass is 372 g/mol. The minimum absolute atomic E-state index is 0.0325. The van der Waals surface area contributed by atoms with Crippen LogP contribution in [0.2, 0.25) is 0 Å². The molecule has 1 N–H and O–H groups in total. The second-order valence-corrected chi connectivity index (χ2v) is 7.13. The number of hydrogen-bond acceptors (Lipinski definition) is 4. The molecule has 5 nitrogen and oxygen atoms in total. The van der Waals surface area contributed by atoms with Crippen molar-refractivity contribution in [3.05, 3.63) is 78.6 Å². The van der Waals surface area contributed by atoms with Gasteiger partial charge in [0.2, 0.25) is 11.9 Å². The Labute approximate surface area is 165 Å². The lowest BCUT2D eigenvalue weighted by atomic mass is 9.97. The molecular formula is C23H24N4O. The van der Waals surface area contributed by atoms with Crippen molar-refractivity contribution in [2.24, 2.45) is 5.92 Å². The van der Waals surface area contributed by atoms with E-state index in [0.717, 1.165) is 36.1 Å². The Kier molecular flexibility index (Phi) is 5.61. The molecule has 1 unspecified atom stereocenters. The molecule has 1 aliphatic rings. The molecule has 0 radical (unpaired) electrons. The van der Waals surface area contributed by atoms with Crippen LogP contribution in [-0.2, 0) is 11.3 Å². The Bertz CT molecular complexity index is 897. The van der Waals surface area contributed by atoms with E-state index in [0.29, 0.717) is 19.0 Å². The SMILES string of the molecule is O=C(NCc1ccccc1)C1CCCN(c2ncc(-c3ccccc3)cn2)C1. The van der Waals surface area contributed by atoms with Gasteiger partial charge >= 0.3 is 0 Å². The lowest BCUT2D eigenvalue weighted by molar-refractivity contribution is -0.125. The summed E-state index contributed by atoms with van der Waals surface area (Å²) in [7, 11) is 0. The van der Waals surface area contributed by atoms with Crippen molar-refractivity contribution in [1.82, 2.24) is 15.3 Å². The third-order valence-corrected chi connectivity index (χ3v) is 5.13. The Morgan fingerprint density at radius 2 is 1.64 bits per heavy atom. The van der Waals surface area contributed by atoms with Crippen molar-refractivity contribution in [1.29, 1.82) is 0 Å². The third kappa shape index (κ3) is 4.36. The number of piperidine rings is 1. The van der Waals surface area contributed by atoms with Crippen LogP contribution in [0.3, 0.4) is 0 Å². The topological polar surface area (TPSA) is 58.1 Å². The molecule has 2 heterocycles. The first-order chi connectivity index (χ1) is 13.8. The van der Waals surface area contributed by atoms with Crippen molar-refractivity contribution >= 4 is 11.9 Å². The molecule has 3 aromatic rings. The molecule has 1 fully saturated rings. The van der Waals surface area contributed by atoms with E-state index in [1.165, 1.54) is 0 Å². The van der Waals surface area contributed by atoms with E-state index in [-0.39, 0.29) is 11.8 Å². The van der Waals surface area contributed by atoms with E-state index < -0.39 is 0 Å². The lowest BCUT2D eigenvalue weighted by Crippen LogP contribution is -2.43. The molecule has 1 saturated heterocycles. The highest BCUT2D eigenvalue weighted by atomic mass is 16.1. The highest BCUT2D eigenvalue weighted by Gasteiger charge is 2.27. The zero-order valence-corrected chi connectivity index (χ0v) is 15.8. The zero-order chi connectivity index (χ0) is 19.2. The van der Waals surface area contributed by atoms with Crippen molar-refractivity contribution < 1.29 is 4.79 Å². The molecule has 1 amide bonds. The minimum atomic E-state index is -0.0325. The molecule has 1 aromatic heterocycles. The van der Waals surface area contributed by atoms with E-state index in [2.05, 4.69) is 20.2 Å². The first kappa shape index (κ1) is 18.2. The number of nitrogens with zero attached hydrogens (tertiary/aromatic N) is 3. The summed E-state index contributed by atoms with van der Waals surface area (Å²) < 4.78 is 0. The number of nitrogens with one attached hydrogen (secondary N) is 1. The number of hydrogen-bond donors (Lipinski definition) is 1. The molecule has 0 saturated carbocycles. The molecular weight excluding hydrogens is 348 g/mol. The Balaban J connectivity index is 1.37. The molecule has 142 valence electrons. The van der Waals surface area contributed by atoms with Gasteiger partial charge < -0.3 is 10.2 Å². The van der Waals surface area contributed by atoms with Gasteiger partial charge in [-0.1, -0.05) is 60.7 Å². The van der Waals surface area contributed by atoms with Crippen LogP contribution in [0, 0.1) is 5.92 Å². The van der Waals surface area contributed by atoms with Crippen molar-refractivity contribution in [2.45, 2.75) is 19.4 Å². The van der Waals surface area contributed by atoms with E-state index in [4.69, 9.17) is 0 Å². The van der Waals surface area contributed by atoms with Gasteiger partial charge in [0.1, 0.15) is 0 Å². The molecule has 2 aromatic carbocycles. The Hall–Kier alpha value is -3.21. The molecule has 1 aliphatic heterocycles.